The number of aliphatic imine (C=N–C) groups is 1. The number of amides is 1. The summed E-state index contributed by atoms with van der Waals surface area (Å²) in [6.45, 7) is 3.53. The van der Waals surface area contributed by atoms with Crippen molar-refractivity contribution in [3.8, 4) is 17.2 Å². The van der Waals surface area contributed by atoms with Crippen LogP contribution in [-0.2, 0) is 15.8 Å². The van der Waals surface area contributed by atoms with E-state index in [1.54, 1.807) is 19.9 Å². The highest BCUT2D eigenvalue weighted by Gasteiger charge is 2.29. The first-order valence-corrected chi connectivity index (χ1v) is 11.7. The summed E-state index contributed by atoms with van der Waals surface area (Å²) in [7, 11) is -2.84. The summed E-state index contributed by atoms with van der Waals surface area (Å²) < 4.78 is 33.7. The van der Waals surface area contributed by atoms with Crippen molar-refractivity contribution in [3.05, 3.63) is 70.7 Å². The third kappa shape index (κ3) is 5.02. The fraction of sp³-hybridized carbons (Fsp3) is 0.182. The number of carbonyl (C=O) groups excluding carboxylic acids is 1. The molecule has 0 bridgehead atoms. The number of allylic oxidation sites excluding steroid dienone is 1. The van der Waals surface area contributed by atoms with Gasteiger partial charge < -0.3 is 9.84 Å². The standard InChI is InChI=1S/C22H19N7O5S/c1-13-7-8-15(23-9-13)20-26-27-21(29(20)19-16(30)5-4-6-17(19)34-3)22(31)28-35(32,33)12-18-24-10-14(2)11-25-18/h4-6,9-11,30H,12H2,1-3H3,(H,28,31). The summed E-state index contributed by atoms with van der Waals surface area (Å²) in [4.78, 5) is 25.2. The van der Waals surface area contributed by atoms with Gasteiger partial charge in [0.1, 0.15) is 28.8 Å². The van der Waals surface area contributed by atoms with Gasteiger partial charge in [0, 0.05) is 24.2 Å². The quantitative estimate of drug-likeness (QED) is 0.464. The molecule has 0 fully saturated rings. The number of ether oxygens (including phenoxy) is 1. The second kappa shape index (κ2) is 9.35. The van der Waals surface area contributed by atoms with E-state index in [0.29, 0.717) is 5.57 Å². The van der Waals surface area contributed by atoms with Crippen molar-refractivity contribution < 1.29 is 23.1 Å². The lowest BCUT2D eigenvalue weighted by atomic mass is 10.2. The second-order valence-electron chi connectivity index (χ2n) is 7.42. The molecule has 1 aromatic carbocycles. The van der Waals surface area contributed by atoms with Crippen LogP contribution in [0.2, 0.25) is 0 Å². The van der Waals surface area contributed by atoms with Crippen molar-refractivity contribution in [2.24, 2.45) is 4.99 Å². The molecular weight excluding hydrogens is 474 g/mol. The molecule has 13 heteroatoms. The highest BCUT2D eigenvalue weighted by Crippen LogP contribution is 2.34. The Balaban J connectivity index is 1.80. The van der Waals surface area contributed by atoms with Gasteiger partial charge in [0.15, 0.2) is 11.5 Å². The zero-order valence-corrected chi connectivity index (χ0v) is 19.7. The van der Waals surface area contributed by atoms with Crippen molar-refractivity contribution in [1.82, 2.24) is 29.5 Å². The first kappa shape index (κ1) is 23.6. The largest absolute Gasteiger partial charge is 0.506 e. The van der Waals surface area contributed by atoms with Crippen molar-refractivity contribution >= 4 is 27.8 Å². The number of aryl methyl sites for hydroxylation is 1. The third-order valence-corrected chi connectivity index (χ3v) is 5.80. The fourth-order valence-electron chi connectivity index (χ4n) is 3.08. The predicted octanol–water partition coefficient (Wildman–Crippen LogP) is 1.47. The normalized spacial score (nSPS) is 12.8. The number of methoxy groups -OCH3 is 1. The van der Waals surface area contributed by atoms with Gasteiger partial charge in [0.05, 0.1) is 7.11 Å². The average molecular weight is 494 g/mol. The molecule has 2 aromatic heterocycles. The van der Waals surface area contributed by atoms with Gasteiger partial charge in [-0.05, 0) is 37.3 Å². The molecule has 1 aliphatic rings. The van der Waals surface area contributed by atoms with Gasteiger partial charge in [-0.2, -0.15) is 0 Å². The van der Waals surface area contributed by atoms with Crippen LogP contribution in [-0.4, -0.2) is 57.5 Å². The van der Waals surface area contributed by atoms with Crippen molar-refractivity contribution in [2.75, 3.05) is 7.11 Å². The molecule has 0 saturated carbocycles. The first-order chi connectivity index (χ1) is 16.7. The number of carbonyl (C=O) groups is 1. The van der Waals surface area contributed by atoms with Crippen molar-refractivity contribution in [1.29, 1.82) is 0 Å². The highest BCUT2D eigenvalue weighted by atomic mass is 32.2. The van der Waals surface area contributed by atoms with Gasteiger partial charge >= 0.3 is 5.91 Å². The number of rotatable bonds is 7. The molecule has 2 N–H and O–H groups in total. The van der Waals surface area contributed by atoms with E-state index in [2.05, 4.69) is 36.6 Å². The summed E-state index contributed by atoms with van der Waals surface area (Å²) in [5, 5.41) is 18.5. The molecule has 0 spiro atoms. The minimum atomic E-state index is -4.21. The van der Waals surface area contributed by atoms with E-state index in [1.807, 2.05) is 4.72 Å². The minimum absolute atomic E-state index is 0.00506. The SMILES string of the molecule is COc1cccc(O)c1-n1c(C(=O)NS(=O)(=O)Cc2ncc(C)cn2)nnc1C1=C=C=C(C)C=N1. The van der Waals surface area contributed by atoms with Crippen molar-refractivity contribution in [3.63, 3.8) is 0 Å². The number of phenols is 1. The van der Waals surface area contributed by atoms with Crippen LogP contribution in [0.4, 0.5) is 0 Å². The maximum atomic E-state index is 13.1. The minimum Gasteiger partial charge on any atom is -0.506 e. The van der Waals surface area contributed by atoms with Crippen LogP contribution in [0.25, 0.3) is 11.4 Å². The summed E-state index contributed by atoms with van der Waals surface area (Å²) in [5.41, 5.74) is 7.30. The van der Waals surface area contributed by atoms with Gasteiger partial charge in [0.25, 0.3) is 0 Å². The van der Waals surface area contributed by atoms with E-state index in [4.69, 9.17) is 4.74 Å². The van der Waals surface area contributed by atoms with Crippen LogP contribution in [0.5, 0.6) is 11.5 Å². The molecule has 3 heterocycles. The Morgan fingerprint density at radius 1 is 1.17 bits per heavy atom. The Labute approximate surface area is 200 Å². The van der Waals surface area contributed by atoms with Crippen LogP contribution in [0.1, 0.15) is 34.8 Å². The van der Waals surface area contributed by atoms with Gasteiger partial charge in [-0.1, -0.05) is 11.8 Å². The predicted molar refractivity (Wildman–Crippen MR) is 125 cm³/mol. The zero-order valence-electron chi connectivity index (χ0n) is 18.8. The lowest BCUT2D eigenvalue weighted by Crippen LogP contribution is -2.34. The monoisotopic (exact) mass is 493 g/mol. The van der Waals surface area contributed by atoms with Crippen LogP contribution in [0.3, 0.4) is 0 Å². The molecule has 0 aliphatic carbocycles. The number of hydrogen-bond acceptors (Lipinski definition) is 10. The summed E-state index contributed by atoms with van der Waals surface area (Å²) >= 11 is 0. The zero-order chi connectivity index (χ0) is 25.2. The van der Waals surface area contributed by atoms with Gasteiger partial charge in [-0.3, -0.25) is 9.36 Å². The molecule has 0 unspecified atom stereocenters. The molecule has 1 aliphatic heterocycles. The van der Waals surface area contributed by atoms with Gasteiger partial charge in [-0.25, -0.2) is 28.1 Å². The molecule has 0 saturated heterocycles. The number of nitrogens with one attached hydrogen (secondary N) is 1. The molecule has 4 rings (SSSR count). The maximum Gasteiger partial charge on any atom is 0.303 e. The number of hydrogen-bond donors (Lipinski definition) is 2. The van der Waals surface area contributed by atoms with Crippen LogP contribution in [0.15, 0.2) is 52.6 Å². The van der Waals surface area contributed by atoms with E-state index < -0.39 is 27.5 Å². The Bertz CT molecular complexity index is 1560. The lowest BCUT2D eigenvalue weighted by Gasteiger charge is -2.15. The maximum absolute atomic E-state index is 13.1. The number of para-hydroxylation sites is 1. The first-order valence-electron chi connectivity index (χ1n) is 10.1. The van der Waals surface area contributed by atoms with E-state index in [1.165, 1.54) is 37.9 Å². The molecule has 12 nitrogen and oxygen atoms in total. The Morgan fingerprint density at radius 2 is 1.91 bits per heavy atom. The highest BCUT2D eigenvalue weighted by molar-refractivity contribution is 7.89. The van der Waals surface area contributed by atoms with Gasteiger partial charge in [0.2, 0.25) is 15.8 Å². The molecule has 0 radical (unpaired) electrons. The summed E-state index contributed by atoms with van der Waals surface area (Å²) in [6.07, 6.45) is 4.45. The number of sulfonamides is 1. The Kier molecular flexibility index (Phi) is 6.30. The fourth-order valence-corrected chi connectivity index (χ4v) is 4.02. The molecular formula is C22H19N7O5S. The lowest BCUT2D eigenvalue weighted by molar-refractivity contribution is 0.0969. The molecule has 1 amide bonds. The Hall–Kier alpha value is -4.57. The van der Waals surface area contributed by atoms with Crippen LogP contribution in [0, 0.1) is 6.92 Å². The summed E-state index contributed by atoms with van der Waals surface area (Å²) in [6, 6.07) is 4.45. The van der Waals surface area contributed by atoms with E-state index >= 15 is 0 Å². The van der Waals surface area contributed by atoms with Crippen molar-refractivity contribution in [2.45, 2.75) is 19.6 Å². The second-order valence-corrected chi connectivity index (χ2v) is 9.14. The Morgan fingerprint density at radius 3 is 2.57 bits per heavy atom. The van der Waals surface area contributed by atoms with Gasteiger partial charge in [-0.15, -0.1) is 10.2 Å². The molecule has 178 valence electrons. The average Bonchev–Trinajstić information content (AvgIpc) is 3.25. The number of aromatic hydroxyl groups is 1. The third-order valence-electron chi connectivity index (χ3n) is 4.67. The number of nitrogens with zero attached hydrogens (tertiary/aromatic N) is 6. The topological polar surface area (TPSA) is 162 Å². The number of benzene rings is 1. The van der Waals surface area contributed by atoms with E-state index in [-0.39, 0.29) is 34.5 Å². The molecule has 3 aromatic rings. The smallest absolute Gasteiger partial charge is 0.303 e. The van der Waals surface area contributed by atoms with E-state index in [0.717, 1.165) is 10.1 Å². The molecule has 35 heavy (non-hydrogen) atoms. The summed E-state index contributed by atoms with van der Waals surface area (Å²) in [5.74, 6) is -2.26. The van der Waals surface area contributed by atoms with Crippen LogP contribution >= 0.6 is 0 Å². The molecule has 0 atom stereocenters. The van der Waals surface area contributed by atoms with Crippen LogP contribution < -0.4 is 9.46 Å². The number of phenolic OH excluding ortho intramolecular Hbond substituents is 1. The van der Waals surface area contributed by atoms with E-state index in [9.17, 15) is 18.3 Å². The number of aromatic nitrogens is 5.